The Morgan fingerprint density at radius 1 is 0.786 bits per heavy atom. The maximum atomic E-state index is 12.1. The first kappa shape index (κ1) is 17.0. The van der Waals surface area contributed by atoms with Crippen molar-refractivity contribution in [3.63, 3.8) is 0 Å². The summed E-state index contributed by atoms with van der Waals surface area (Å²) in [4.78, 5) is 20.3. The van der Waals surface area contributed by atoms with E-state index in [-0.39, 0.29) is 23.2 Å². The Morgan fingerprint density at radius 2 is 1.54 bits per heavy atom. The number of carbonyl (C=O) groups excluding carboxylic acids is 1. The van der Waals surface area contributed by atoms with Crippen molar-refractivity contribution >= 4 is 33.7 Å². The molecule has 0 radical (unpaired) electrons. The van der Waals surface area contributed by atoms with Gasteiger partial charge < -0.3 is 10.4 Å². The summed E-state index contributed by atoms with van der Waals surface area (Å²) in [6.45, 7) is 0. The van der Waals surface area contributed by atoms with E-state index in [9.17, 15) is 15.2 Å². The molecule has 7 heteroatoms. The largest absolute Gasteiger partial charge is 0.613 e. The molecule has 0 bridgehead atoms. The predicted octanol–water partition coefficient (Wildman–Crippen LogP) is 5.07. The number of hydrogen-bond donors (Lipinski definition) is 0. The van der Waals surface area contributed by atoms with Gasteiger partial charge in [0, 0.05) is 30.0 Å². The molecule has 2 aromatic carbocycles. The topological polar surface area (TPSA) is 89.0 Å². The molecular weight excluding hydrogens is 374 g/mol. The lowest BCUT2D eigenvalue weighted by atomic mass is 9.97. The van der Waals surface area contributed by atoms with Crippen LogP contribution < -0.4 is 4.21 Å². The molecule has 0 saturated carbocycles. The van der Waals surface area contributed by atoms with Crippen LogP contribution in [0.25, 0.3) is 33.2 Å². The van der Waals surface area contributed by atoms with Gasteiger partial charge in [-0.25, -0.2) is 0 Å². The third-order valence-electron chi connectivity index (χ3n) is 4.78. The Labute approximate surface area is 164 Å². The van der Waals surface area contributed by atoms with Crippen LogP contribution in [0.1, 0.15) is 10.4 Å². The summed E-state index contributed by atoms with van der Waals surface area (Å²) in [5, 5.41) is 24.6. The predicted molar refractivity (Wildman–Crippen MR) is 111 cm³/mol. The summed E-state index contributed by atoms with van der Waals surface area (Å²) in [7, 11) is 0. The molecule has 2 aromatic heterocycles. The molecule has 0 amide bonds. The molecule has 28 heavy (non-hydrogen) atoms. The Morgan fingerprint density at radius 3 is 2.36 bits per heavy atom. The van der Waals surface area contributed by atoms with Gasteiger partial charge in [0.2, 0.25) is 0 Å². The van der Waals surface area contributed by atoms with Crippen molar-refractivity contribution < 1.29 is 4.79 Å². The molecule has 0 N–H and O–H groups in total. The highest BCUT2D eigenvalue weighted by Gasteiger charge is 2.34. The van der Waals surface area contributed by atoms with E-state index < -0.39 is 9.33 Å². The van der Waals surface area contributed by atoms with E-state index in [0.29, 0.717) is 5.56 Å². The minimum atomic E-state index is -1.99. The summed E-state index contributed by atoms with van der Waals surface area (Å²) in [6, 6.07) is 16.4. The van der Waals surface area contributed by atoms with Gasteiger partial charge in [-0.2, -0.15) is 0 Å². The molecule has 3 heterocycles. The minimum absolute atomic E-state index is 0.0619. The lowest BCUT2D eigenvalue weighted by Crippen LogP contribution is -2.23. The fraction of sp³-hybridized carbons (Fsp3) is 0. The summed E-state index contributed by atoms with van der Waals surface area (Å²) in [5.74, 6) is 0. The fourth-order valence-electron chi connectivity index (χ4n) is 3.43. The third kappa shape index (κ3) is 2.69. The monoisotopic (exact) mass is 386 g/mol. The SMILES string of the molecule is O=C1S[N+]([O-])([O-])c2cc(-c3ccc4nccc(-c5ccncc5)c4c3)ccc21. The van der Waals surface area contributed by atoms with Crippen molar-refractivity contribution in [1.29, 1.82) is 0 Å². The number of pyridine rings is 2. The average molecular weight is 386 g/mol. The zero-order valence-electron chi connectivity index (χ0n) is 14.4. The van der Waals surface area contributed by atoms with Crippen molar-refractivity contribution in [2.75, 3.05) is 0 Å². The number of carbonyl (C=O) groups is 1. The second kappa shape index (κ2) is 6.22. The maximum Gasteiger partial charge on any atom is 0.283 e. The van der Waals surface area contributed by atoms with Gasteiger partial charge in [-0.15, -0.1) is 0 Å². The van der Waals surface area contributed by atoms with Gasteiger partial charge in [0.1, 0.15) is 0 Å². The lowest BCUT2D eigenvalue weighted by Gasteiger charge is -2.38. The summed E-state index contributed by atoms with van der Waals surface area (Å²) < 4.78 is -1.99. The first-order valence-corrected chi connectivity index (χ1v) is 9.29. The molecule has 0 atom stereocenters. The first-order chi connectivity index (χ1) is 13.5. The van der Waals surface area contributed by atoms with Crippen molar-refractivity contribution in [2.45, 2.75) is 0 Å². The quantitative estimate of drug-likeness (QED) is 0.271. The molecule has 0 unspecified atom stereocenters. The molecule has 0 aliphatic carbocycles. The highest BCUT2D eigenvalue weighted by Crippen LogP contribution is 2.45. The first-order valence-electron chi connectivity index (χ1n) is 8.52. The smallest absolute Gasteiger partial charge is 0.283 e. The molecule has 1 aliphatic heterocycles. The Kier molecular flexibility index (Phi) is 3.78. The second-order valence-electron chi connectivity index (χ2n) is 6.43. The molecule has 5 rings (SSSR count). The van der Waals surface area contributed by atoms with Gasteiger partial charge in [-0.3, -0.25) is 19.0 Å². The van der Waals surface area contributed by atoms with Crippen LogP contribution in [0.2, 0.25) is 0 Å². The van der Waals surface area contributed by atoms with E-state index in [1.165, 1.54) is 6.07 Å². The third-order valence-corrected chi connectivity index (χ3v) is 5.60. The van der Waals surface area contributed by atoms with Crippen LogP contribution in [0.3, 0.4) is 0 Å². The van der Waals surface area contributed by atoms with Gasteiger partial charge in [0.15, 0.2) is 17.6 Å². The number of rotatable bonds is 2. The van der Waals surface area contributed by atoms with Crippen LogP contribution >= 0.6 is 11.9 Å². The molecule has 1 aliphatic rings. The highest BCUT2D eigenvalue weighted by molar-refractivity contribution is 8.14. The molecule has 4 aromatic rings. The summed E-state index contributed by atoms with van der Waals surface area (Å²) in [6.07, 6.45) is 5.23. The van der Waals surface area contributed by atoms with E-state index in [2.05, 4.69) is 9.97 Å². The van der Waals surface area contributed by atoms with Crippen LogP contribution in [0.15, 0.2) is 73.2 Å². The van der Waals surface area contributed by atoms with Gasteiger partial charge in [0.05, 0.1) is 11.1 Å². The Bertz CT molecular complexity index is 1240. The number of benzene rings is 2. The van der Waals surface area contributed by atoms with Crippen LogP contribution in [0, 0.1) is 10.4 Å². The lowest BCUT2D eigenvalue weighted by molar-refractivity contribution is 0.109. The summed E-state index contributed by atoms with van der Waals surface area (Å²) in [5.41, 5.74) is 4.52. The van der Waals surface area contributed by atoms with Gasteiger partial charge in [-0.1, -0.05) is 12.1 Å². The number of quaternary nitrogens is 1. The molecular formula is C21H12N3O3S-. The average Bonchev–Trinajstić information content (AvgIpc) is 2.96. The van der Waals surface area contributed by atoms with Crippen molar-refractivity contribution in [3.05, 3.63) is 89.2 Å². The Balaban J connectivity index is 1.68. The Hall–Kier alpha value is -3.10. The number of fused-ring (bicyclic) bond motifs is 2. The van der Waals surface area contributed by atoms with Crippen LogP contribution in [0.5, 0.6) is 0 Å². The van der Waals surface area contributed by atoms with Gasteiger partial charge in [0.25, 0.3) is 5.12 Å². The van der Waals surface area contributed by atoms with E-state index in [0.717, 1.165) is 27.6 Å². The molecule has 0 saturated heterocycles. The molecule has 0 spiro atoms. The van der Waals surface area contributed by atoms with Crippen molar-refractivity contribution in [1.82, 2.24) is 14.2 Å². The summed E-state index contributed by atoms with van der Waals surface area (Å²) >= 11 is 0.229. The number of nitrogens with zero attached hydrogens (tertiary/aromatic N) is 3. The second-order valence-corrected chi connectivity index (χ2v) is 7.47. The minimum Gasteiger partial charge on any atom is -0.613 e. The van der Waals surface area contributed by atoms with Crippen LogP contribution in [-0.2, 0) is 0 Å². The normalized spacial score (nSPS) is 15.0. The highest BCUT2D eigenvalue weighted by atomic mass is 32.2. The van der Waals surface area contributed by atoms with Gasteiger partial charge in [-0.05, 0) is 58.7 Å². The van der Waals surface area contributed by atoms with Crippen LogP contribution in [-0.4, -0.2) is 15.1 Å². The van der Waals surface area contributed by atoms with Crippen molar-refractivity contribution in [2.24, 2.45) is 0 Å². The van der Waals surface area contributed by atoms with E-state index >= 15 is 0 Å². The van der Waals surface area contributed by atoms with E-state index in [4.69, 9.17) is 0 Å². The number of hydrogen-bond acceptors (Lipinski definition) is 6. The maximum absolute atomic E-state index is 12.1. The standard InChI is InChI=1S/C21H12N3O3S/c25-21-17-3-1-15(12-20(17)24(26,27)28-21)14-2-4-19-18(11-14)16(7-10-23-19)13-5-8-22-9-6-13/h1-12H/q-1. The molecule has 6 nitrogen and oxygen atoms in total. The zero-order valence-corrected chi connectivity index (χ0v) is 15.2. The molecule has 136 valence electrons. The van der Waals surface area contributed by atoms with Crippen LogP contribution in [0.4, 0.5) is 5.69 Å². The van der Waals surface area contributed by atoms with Crippen molar-refractivity contribution in [3.8, 4) is 22.3 Å². The van der Waals surface area contributed by atoms with Gasteiger partial charge >= 0.3 is 0 Å². The fourth-order valence-corrected chi connectivity index (χ4v) is 4.17. The van der Waals surface area contributed by atoms with E-state index in [1.807, 2.05) is 36.4 Å². The molecule has 0 fully saturated rings. The number of aromatic nitrogens is 2. The zero-order chi connectivity index (χ0) is 19.3. The van der Waals surface area contributed by atoms with E-state index in [1.54, 1.807) is 30.7 Å².